The lowest BCUT2D eigenvalue weighted by molar-refractivity contribution is 0.662. The maximum absolute atomic E-state index is 3.46. The Bertz CT molecular complexity index is 300. The number of nitrogens with one attached hydrogen (secondary N) is 1. The van der Waals surface area contributed by atoms with Crippen molar-refractivity contribution >= 4 is 0 Å². The van der Waals surface area contributed by atoms with Crippen molar-refractivity contribution in [2.24, 2.45) is 0 Å². The predicted octanol–water partition coefficient (Wildman–Crippen LogP) is 2.15. The van der Waals surface area contributed by atoms with E-state index in [1.54, 1.807) is 0 Å². The second-order valence-electron chi connectivity index (χ2n) is 3.69. The summed E-state index contributed by atoms with van der Waals surface area (Å²) >= 11 is 0. The molecule has 68 valence electrons. The molecule has 2 rings (SSSR count). The molecule has 1 heterocycles. The summed E-state index contributed by atoms with van der Waals surface area (Å²) in [5.41, 5.74) is 2.87. The van der Waals surface area contributed by atoms with Gasteiger partial charge >= 0.3 is 0 Å². The van der Waals surface area contributed by atoms with Gasteiger partial charge < -0.3 is 5.32 Å². The first kappa shape index (κ1) is 8.52. The Morgan fingerprint density at radius 2 is 2.08 bits per heavy atom. The summed E-state index contributed by atoms with van der Waals surface area (Å²) in [5, 5.41) is 3.46. The van der Waals surface area contributed by atoms with Crippen LogP contribution in [0.1, 0.15) is 12.5 Å². The molecule has 0 saturated carbocycles. The monoisotopic (exact) mass is 173 g/mol. The van der Waals surface area contributed by atoms with Crippen LogP contribution in [-0.4, -0.2) is 12.6 Å². The zero-order chi connectivity index (χ0) is 9.10. The Morgan fingerprint density at radius 1 is 1.31 bits per heavy atom. The molecule has 1 aromatic rings. The largest absolute Gasteiger partial charge is 0.306 e. The molecule has 1 heteroatoms. The van der Waals surface area contributed by atoms with E-state index in [2.05, 4.69) is 48.6 Å². The topological polar surface area (TPSA) is 12.0 Å². The predicted molar refractivity (Wildman–Crippen MR) is 55.7 cm³/mol. The normalized spacial score (nSPS) is 21.6. The van der Waals surface area contributed by atoms with Crippen molar-refractivity contribution in [1.29, 1.82) is 0 Å². The van der Waals surface area contributed by atoms with Crippen LogP contribution >= 0.6 is 0 Å². The molecule has 1 atom stereocenters. The first-order valence-electron chi connectivity index (χ1n) is 4.79. The summed E-state index contributed by atoms with van der Waals surface area (Å²) in [4.78, 5) is 0. The molecule has 0 fully saturated rings. The highest BCUT2D eigenvalue weighted by Crippen LogP contribution is 2.10. The minimum Gasteiger partial charge on any atom is -0.306 e. The lowest BCUT2D eigenvalue weighted by atomic mass is 10.1. The lowest BCUT2D eigenvalue weighted by Crippen LogP contribution is -2.24. The van der Waals surface area contributed by atoms with E-state index in [0.29, 0.717) is 6.04 Å². The molecule has 0 saturated heterocycles. The summed E-state index contributed by atoms with van der Waals surface area (Å²) in [7, 11) is 0. The summed E-state index contributed by atoms with van der Waals surface area (Å²) in [6, 6.07) is 11.2. The number of hydrogen-bond acceptors (Lipinski definition) is 1. The molecule has 13 heavy (non-hydrogen) atoms. The van der Waals surface area contributed by atoms with Crippen LogP contribution in [0.3, 0.4) is 0 Å². The zero-order valence-corrected chi connectivity index (χ0v) is 7.96. The van der Waals surface area contributed by atoms with Crippen molar-refractivity contribution in [3.05, 3.63) is 47.5 Å². The molecule has 0 radical (unpaired) electrons. The first-order chi connectivity index (χ1) is 6.34. The van der Waals surface area contributed by atoms with Crippen molar-refractivity contribution < 1.29 is 0 Å². The van der Waals surface area contributed by atoms with Crippen molar-refractivity contribution in [3.8, 4) is 0 Å². The highest BCUT2D eigenvalue weighted by Gasteiger charge is 2.11. The van der Waals surface area contributed by atoms with Crippen LogP contribution in [0, 0.1) is 0 Å². The highest BCUT2D eigenvalue weighted by atomic mass is 14.9. The second-order valence-corrected chi connectivity index (χ2v) is 3.69. The van der Waals surface area contributed by atoms with Gasteiger partial charge in [-0.15, -0.1) is 0 Å². The third-order valence-electron chi connectivity index (χ3n) is 2.43. The third-order valence-corrected chi connectivity index (χ3v) is 2.43. The van der Waals surface area contributed by atoms with Crippen LogP contribution in [0.15, 0.2) is 42.0 Å². The molecule has 1 N–H and O–H groups in total. The van der Waals surface area contributed by atoms with E-state index in [4.69, 9.17) is 0 Å². The molecular formula is C12H15N. The fourth-order valence-corrected chi connectivity index (χ4v) is 1.75. The lowest BCUT2D eigenvalue weighted by Gasteiger charge is -2.07. The van der Waals surface area contributed by atoms with Gasteiger partial charge in [-0.05, 0) is 18.9 Å². The average molecular weight is 173 g/mol. The molecule has 0 amide bonds. The van der Waals surface area contributed by atoms with Crippen LogP contribution in [0.4, 0.5) is 0 Å². The van der Waals surface area contributed by atoms with Crippen molar-refractivity contribution in [1.82, 2.24) is 5.32 Å². The minimum absolute atomic E-state index is 0.544. The maximum Gasteiger partial charge on any atom is 0.0296 e. The Labute approximate surface area is 79.5 Å². The van der Waals surface area contributed by atoms with Crippen molar-refractivity contribution in [3.63, 3.8) is 0 Å². The zero-order valence-electron chi connectivity index (χ0n) is 7.96. The molecular weight excluding hydrogens is 158 g/mol. The van der Waals surface area contributed by atoms with E-state index < -0.39 is 0 Å². The Morgan fingerprint density at radius 3 is 2.69 bits per heavy atom. The van der Waals surface area contributed by atoms with E-state index in [0.717, 1.165) is 13.0 Å². The van der Waals surface area contributed by atoms with E-state index in [9.17, 15) is 0 Å². The van der Waals surface area contributed by atoms with E-state index in [1.807, 2.05) is 0 Å². The molecule has 0 bridgehead atoms. The molecule has 0 aromatic heterocycles. The van der Waals surface area contributed by atoms with Crippen LogP contribution in [0.2, 0.25) is 0 Å². The van der Waals surface area contributed by atoms with Crippen LogP contribution in [-0.2, 0) is 6.42 Å². The average Bonchev–Trinajstić information content (AvgIpc) is 2.53. The van der Waals surface area contributed by atoms with Gasteiger partial charge in [-0.3, -0.25) is 0 Å². The van der Waals surface area contributed by atoms with Gasteiger partial charge in [0.25, 0.3) is 0 Å². The van der Waals surface area contributed by atoms with Crippen LogP contribution in [0.5, 0.6) is 0 Å². The summed E-state index contributed by atoms with van der Waals surface area (Å²) in [6.45, 7) is 3.23. The van der Waals surface area contributed by atoms with Crippen molar-refractivity contribution in [2.75, 3.05) is 6.54 Å². The molecule has 1 nitrogen and oxygen atoms in total. The molecule has 1 aliphatic heterocycles. The van der Waals surface area contributed by atoms with Gasteiger partial charge in [-0.2, -0.15) is 0 Å². The molecule has 0 aliphatic carbocycles. The van der Waals surface area contributed by atoms with Gasteiger partial charge in [0.1, 0.15) is 0 Å². The SMILES string of the molecule is CC1=CC(Cc2ccccc2)NC1. The molecule has 1 unspecified atom stereocenters. The minimum atomic E-state index is 0.544. The van der Waals surface area contributed by atoms with E-state index in [1.165, 1.54) is 11.1 Å². The van der Waals surface area contributed by atoms with Gasteiger partial charge in [0.2, 0.25) is 0 Å². The first-order valence-corrected chi connectivity index (χ1v) is 4.79. The standard InChI is InChI=1S/C12H15N/c1-10-7-12(13-9-10)8-11-5-3-2-4-6-11/h2-7,12-13H,8-9H2,1H3. The maximum atomic E-state index is 3.46. The van der Waals surface area contributed by atoms with Gasteiger partial charge in [-0.25, -0.2) is 0 Å². The van der Waals surface area contributed by atoms with Crippen LogP contribution in [0.25, 0.3) is 0 Å². The smallest absolute Gasteiger partial charge is 0.0296 e. The molecule has 1 aromatic carbocycles. The van der Waals surface area contributed by atoms with E-state index >= 15 is 0 Å². The van der Waals surface area contributed by atoms with Gasteiger partial charge in [-0.1, -0.05) is 42.0 Å². The summed E-state index contributed by atoms with van der Waals surface area (Å²) in [6.07, 6.45) is 3.44. The Balaban J connectivity index is 2.00. The second kappa shape index (κ2) is 3.75. The summed E-state index contributed by atoms with van der Waals surface area (Å²) < 4.78 is 0. The summed E-state index contributed by atoms with van der Waals surface area (Å²) in [5.74, 6) is 0. The van der Waals surface area contributed by atoms with Crippen LogP contribution < -0.4 is 5.32 Å². The van der Waals surface area contributed by atoms with Gasteiger partial charge in [0, 0.05) is 12.6 Å². The fourth-order valence-electron chi connectivity index (χ4n) is 1.75. The quantitative estimate of drug-likeness (QED) is 0.676. The number of benzene rings is 1. The Hall–Kier alpha value is -1.08. The highest BCUT2D eigenvalue weighted by molar-refractivity contribution is 5.21. The number of rotatable bonds is 2. The van der Waals surface area contributed by atoms with Gasteiger partial charge in [0.15, 0.2) is 0 Å². The fraction of sp³-hybridized carbons (Fsp3) is 0.333. The van der Waals surface area contributed by atoms with Gasteiger partial charge in [0.05, 0.1) is 0 Å². The molecule has 1 aliphatic rings. The van der Waals surface area contributed by atoms with Crippen molar-refractivity contribution in [2.45, 2.75) is 19.4 Å². The molecule has 0 spiro atoms. The third kappa shape index (κ3) is 2.19. The van der Waals surface area contributed by atoms with E-state index in [-0.39, 0.29) is 0 Å². The number of hydrogen-bond donors (Lipinski definition) is 1. The Kier molecular flexibility index (Phi) is 2.46.